The Morgan fingerprint density at radius 2 is 1.64 bits per heavy atom. The number of amides is 2. The number of nitrogens with zero attached hydrogens (tertiary/aromatic N) is 1. The van der Waals surface area contributed by atoms with Crippen molar-refractivity contribution in [2.24, 2.45) is 5.41 Å². The van der Waals surface area contributed by atoms with Crippen LogP contribution >= 0.6 is 0 Å². The lowest BCUT2D eigenvalue weighted by atomic mass is 9.85. The zero-order chi connectivity index (χ0) is 23.8. The van der Waals surface area contributed by atoms with Gasteiger partial charge in [-0.1, -0.05) is 69.3 Å². The summed E-state index contributed by atoms with van der Waals surface area (Å²) in [5.74, 6) is -1.49. The highest BCUT2D eigenvalue weighted by Gasteiger charge is 2.42. The molecule has 2 aliphatic rings. The number of likely N-dealkylation sites (tertiary alicyclic amines) is 1. The van der Waals surface area contributed by atoms with Crippen LogP contribution in [-0.4, -0.2) is 53.2 Å². The van der Waals surface area contributed by atoms with Crippen LogP contribution in [0.4, 0.5) is 4.79 Å². The Bertz CT molecular complexity index is 1030. The molecule has 2 amide bonds. The van der Waals surface area contributed by atoms with Crippen LogP contribution in [0, 0.1) is 5.41 Å². The minimum atomic E-state index is -1.02. The van der Waals surface area contributed by atoms with Crippen molar-refractivity contribution in [1.82, 2.24) is 10.2 Å². The fourth-order valence-electron chi connectivity index (χ4n) is 4.86. The number of hydrogen-bond acceptors (Lipinski definition) is 4. The average Bonchev–Trinajstić information content (AvgIpc) is 3.38. The monoisotopic (exact) mass is 450 g/mol. The zero-order valence-electron chi connectivity index (χ0n) is 19.2. The molecule has 0 spiro atoms. The van der Waals surface area contributed by atoms with Crippen molar-refractivity contribution >= 4 is 18.0 Å². The second-order valence-corrected chi connectivity index (χ2v) is 9.80. The summed E-state index contributed by atoms with van der Waals surface area (Å²) in [4.78, 5) is 38.9. The smallest absolute Gasteiger partial charge is 0.407 e. The Balaban J connectivity index is 1.47. The summed E-state index contributed by atoms with van der Waals surface area (Å²) < 4.78 is 5.62. The van der Waals surface area contributed by atoms with E-state index in [-0.39, 0.29) is 18.4 Å². The number of carbonyl (C=O) groups is 3. The molecule has 2 atom stereocenters. The molecular formula is C26H30N2O5. The molecule has 1 fully saturated rings. The first kappa shape index (κ1) is 22.8. The largest absolute Gasteiger partial charge is 0.480 e. The molecule has 0 saturated carbocycles. The van der Waals surface area contributed by atoms with Crippen molar-refractivity contribution in [2.75, 3.05) is 13.2 Å². The summed E-state index contributed by atoms with van der Waals surface area (Å²) >= 11 is 0. The molecule has 1 saturated heterocycles. The fraction of sp³-hybridized carbons (Fsp3) is 0.423. The number of carboxylic acid groups (broad SMARTS) is 1. The predicted molar refractivity (Wildman–Crippen MR) is 124 cm³/mol. The molecule has 0 bridgehead atoms. The molecule has 33 heavy (non-hydrogen) atoms. The van der Waals surface area contributed by atoms with Gasteiger partial charge in [-0.25, -0.2) is 9.59 Å². The van der Waals surface area contributed by atoms with Crippen LogP contribution in [0.2, 0.25) is 0 Å². The third-order valence-corrected chi connectivity index (χ3v) is 6.54. The molecule has 0 radical (unpaired) electrons. The van der Waals surface area contributed by atoms with Gasteiger partial charge in [0.15, 0.2) is 0 Å². The Morgan fingerprint density at radius 1 is 1.06 bits per heavy atom. The van der Waals surface area contributed by atoms with Crippen molar-refractivity contribution in [3.05, 3.63) is 59.7 Å². The number of ether oxygens (including phenoxy) is 1. The maximum Gasteiger partial charge on any atom is 0.407 e. The number of hydrogen-bond donors (Lipinski definition) is 2. The first-order chi connectivity index (χ1) is 15.7. The SMILES string of the molecule is CC(C)(C)C(NC(=O)OCC1c2ccccc2-c2ccccc21)C(=O)N1CCC[C@H]1C(=O)O. The Hall–Kier alpha value is -3.35. The molecular weight excluding hydrogens is 420 g/mol. The molecule has 2 N–H and O–H groups in total. The van der Waals surface area contributed by atoms with Crippen LogP contribution in [0.3, 0.4) is 0 Å². The minimum Gasteiger partial charge on any atom is -0.480 e. The van der Waals surface area contributed by atoms with Gasteiger partial charge in [-0.2, -0.15) is 0 Å². The van der Waals surface area contributed by atoms with Crippen molar-refractivity contribution in [2.45, 2.75) is 51.6 Å². The zero-order valence-corrected chi connectivity index (χ0v) is 19.2. The Morgan fingerprint density at radius 3 is 2.18 bits per heavy atom. The molecule has 174 valence electrons. The van der Waals surface area contributed by atoms with Gasteiger partial charge in [-0.3, -0.25) is 4.79 Å². The molecule has 1 unspecified atom stereocenters. The number of carbonyl (C=O) groups excluding carboxylic acids is 2. The van der Waals surface area contributed by atoms with Gasteiger partial charge in [0.05, 0.1) is 0 Å². The van der Waals surface area contributed by atoms with Gasteiger partial charge in [0.25, 0.3) is 0 Å². The van der Waals surface area contributed by atoms with Gasteiger partial charge in [-0.05, 0) is 40.5 Å². The highest BCUT2D eigenvalue weighted by Crippen LogP contribution is 2.44. The molecule has 4 rings (SSSR count). The van der Waals surface area contributed by atoms with E-state index in [1.807, 2.05) is 57.2 Å². The van der Waals surface area contributed by atoms with Crippen LogP contribution < -0.4 is 5.32 Å². The molecule has 7 nitrogen and oxygen atoms in total. The Kier molecular flexibility index (Phi) is 6.15. The van der Waals surface area contributed by atoms with Gasteiger partial charge in [-0.15, -0.1) is 0 Å². The molecule has 1 heterocycles. The van der Waals surface area contributed by atoms with Crippen molar-refractivity contribution in [3.63, 3.8) is 0 Å². The van der Waals surface area contributed by atoms with Gasteiger partial charge in [0.1, 0.15) is 18.7 Å². The third-order valence-electron chi connectivity index (χ3n) is 6.54. The second-order valence-electron chi connectivity index (χ2n) is 9.80. The molecule has 7 heteroatoms. The first-order valence-electron chi connectivity index (χ1n) is 11.3. The van der Waals surface area contributed by atoms with Crippen molar-refractivity contribution in [3.8, 4) is 11.1 Å². The first-order valence-corrected chi connectivity index (χ1v) is 11.3. The number of fused-ring (bicyclic) bond motifs is 3. The lowest BCUT2D eigenvalue weighted by Crippen LogP contribution is -2.56. The summed E-state index contributed by atoms with van der Waals surface area (Å²) in [6, 6.07) is 14.4. The summed E-state index contributed by atoms with van der Waals surface area (Å²) in [6.07, 6.45) is 0.365. The predicted octanol–water partition coefficient (Wildman–Crippen LogP) is 4.02. The summed E-state index contributed by atoms with van der Waals surface area (Å²) in [5, 5.41) is 12.2. The molecule has 0 aromatic heterocycles. The number of alkyl carbamates (subject to hydrolysis) is 1. The molecule has 2 aromatic carbocycles. The second kappa shape index (κ2) is 8.89. The van der Waals surface area contributed by atoms with Crippen LogP contribution in [0.15, 0.2) is 48.5 Å². The van der Waals surface area contributed by atoms with Gasteiger partial charge < -0.3 is 20.1 Å². The maximum atomic E-state index is 13.2. The van der Waals surface area contributed by atoms with E-state index >= 15 is 0 Å². The van der Waals surface area contributed by atoms with Gasteiger partial charge in [0.2, 0.25) is 5.91 Å². The van der Waals surface area contributed by atoms with E-state index in [2.05, 4.69) is 17.4 Å². The number of rotatable bonds is 5. The summed E-state index contributed by atoms with van der Waals surface area (Å²) in [7, 11) is 0. The van der Waals surface area contributed by atoms with E-state index in [0.717, 1.165) is 22.3 Å². The van der Waals surface area contributed by atoms with E-state index in [4.69, 9.17) is 4.74 Å². The lowest BCUT2D eigenvalue weighted by Gasteiger charge is -2.34. The number of carboxylic acids is 1. The third kappa shape index (κ3) is 4.45. The summed E-state index contributed by atoms with van der Waals surface area (Å²) in [6.45, 7) is 6.03. The van der Waals surface area contributed by atoms with Crippen LogP contribution in [0.5, 0.6) is 0 Å². The maximum absolute atomic E-state index is 13.2. The Labute approximate surface area is 193 Å². The number of aliphatic carboxylic acids is 1. The normalized spacial score (nSPS) is 18.4. The number of benzene rings is 2. The van der Waals surface area contributed by atoms with E-state index in [0.29, 0.717) is 19.4 Å². The van der Waals surface area contributed by atoms with E-state index in [1.165, 1.54) is 4.90 Å². The van der Waals surface area contributed by atoms with E-state index in [1.54, 1.807) is 0 Å². The molecule has 2 aromatic rings. The van der Waals surface area contributed by atoms with Gasteiger partial charge in [0, 0.05) is 12.5 Å². The van der Waals surface area contributed by atoms with Crippen molar-refractivity contribution in [1.29, 1.82) is 0 Å². The topological polar surface area (TPSA) is 95.9 Å². The quantitative estimate of drug-likeness (QED) is 0.717. The minimum absolute atomic E-state index is 0.0816. The summed E-state index contributed by atoms with van der Waals surface area (Å²) in [5.41, 5.74) is 3.87. The highest BCUT2D eigenvalue weighted by molar-refractivity contribution is 5.90. The highest BCUT2D eigenvalue weighted by atomic mass is 16.5. The van der Waals surface area contributed by atoms with E-state index < -0.39 is 29.6 Å². The number of nitrogens with one attached hydrogen (secondary N) is 1. The van der Waals surface area contributed by atoms with Crippen LogP contribution in [0.25, 0.3) is 11.1 Å². The molecule has 1 aliphatic heterocycles. The van der Waals surface area contributed by atoms with Crippen LogP contribution in [-0.2, 0) is 14.3 Å². The van der Waals surface area contributed by atoms with Crippen molar-refractivity contribution < 1.29 is 24.2 Å². The average molecular weight is 451 g/mol. The van der Waals surface area contributed by atoms with E-state index in [9.17, 15) is 19.5 Å². The standard InChI is InChI=1S/C26H30N2O5/c1-26(2,3)22(23(29)28-14-8-13-21(28)24(30)31)27-25(32)33-15-20-18-11-6-4-9-16(18)17-10-5-7-12-19(17)20/h4-7,9-12,20-22H,8,13-15H2,1-3H3,(H,27,32)(H,30,31)/t21-,22?/m0/s1. The fourth-order valence-corrected chi connectivity index (χ4v) is 4.86. The van der Waals surface area contributed by atoms with Crippen LogP contribution in [0.1, 0.15) is 50.7 Å². The lowest BCUT2D eigenvalue weighted by molar-refractivity contribution is -0.150. The molecule has 1 aliphatic carbocycles. The van der Waals surface area contributed by atoms with Gasteiger partial charge >= 0.3 is 12.1 Å².